The van der Waals surface area contributed by atoms with Crippen LogP contribution in [-0.4, -0.2) is 31.5 Å². The number of halogens is 1. The van der Waals surface area contributed by atoms with Crippen LogP contribution in [0, 0.1) is 13.8 Å². The molecule has 0 bridgehead atoms. The number of methoxy groups -OCH3 is 1. The van der Waals surface area contributed by atoms with Crippen LogP contribution >= 0.6 is 11.6 Å². The van der Waals surface area contributed by atoms with Crippen molar-refractivity contribution in [2.75, 3.05) is 20.7 Å². The monoisotopic (exact) mass is 360 g/mol. The third-order valence-electron chi connectivity index (χ3n) is 3.99. The van der Waals surface area contributed by atoms with Crippen LogP contribution < -0.4 is 10.1 Å². The lowest BCUT2D eigenvalue weighted by Crippen LogP contribution is -2.34. The van der Waals surface area contributed by atoms with Gasteiger partial charge < -0.3 is 10.1 Å². The van der Waals surface area contributed by atoms with E-state index in [0.717, 1.165) is 22.4 Å². The van der Waals surface area contributed by atoms with Crippen molar-refractivity contribution >= 4 is 17.5 Å². The number of rotatable bonds is 7. The summed E-state index contributed by atoms with van der Waals surface area (Å²) >= 11 is 5.86. The topological polar surface area (TPSA) is 41.6 Å². The minimum atomic E-state index is -0.000550. The Kier molecular flexibility index (Phi) is 6.85. The molecule has 0 aliphatic carbocycles. The van der Waals surface area contributed by atoms with Crippen molar-refractivity contribution in [3.63, 3.8) is 0 Å². The van der Waals surface area contributed by atoms with Crippen LogP contribution in [0.2, 0.25) is 5.02 Å². The number of nitrogens with one attached hydrogen (secondary N) is 1. The van der Waals surface area contributed by atoms with Crippen LogP contribution in [0.1, 0.15) is 22.3 Å². The van der Waals surface area contributed by atoms with Gasteiger partial charge in [0.2, 0.25) is 5.91 Å². The summed E-state index contributed by atoms with van der Waals surface area (Å²) in [5, 5.41) is 3.63. The van der Waals surface area contributed by atoms with Gasteiger partial charge in [0.25, 0.3) is 0 Å². The SMILES string of the molecule is COc1c(C)cc(CN(C)CC(=O)NCc2ccc(Cl)cc2)cc1C. The molecule has 0 heterocycles. The Morgan fingerprint density at radius 2 is 1.72 bits per heavy atom. The number of nitrogens with zero attached hydrogens (tertiary/aromatic N) is 1. The van der Waals surface area contributed by atoms with Gasteiger partial charge in [0.05, 0.1) is 13.7 Å². The molecule has 2 aromatic rings. The van der Waals surface area contributed by atoms with Gasteiger partial charge in [-0.25, -0.2) is 0 Å². The van der Waals surface area contributed by atoms with E-state index in [1.165, 1.54) is 5.56 Å². The van der Waals surface area contributed by atoms with E-state index in [2.05, 4.69) is 17.4 Å². The Morgan fingerprint density at radius 3 is 2.28 bits per heavy atom. The standard InChI is InChI=1S/C20H25ClN2O2/c1-14-9-17(10-15(2)20(14)25-4)12-23(3)13-19(24)22-11-16-5-7-18(21)8-6-16/h5-10H,11-13H2,1-4H3,(H,22,24). The van der Waals surface area contributed by atoms with Crippen molar-refractivity contribution in [3.8, 4) is 5.75 Å². The molecular weight excluding hydrogens is 336 g/mol. The predicted octanol–water partition coefficient (Wildman–Crippen LogP) is 3.71. The Balaban J connectivity index is 1.86. The molecule has 0 spiro atoms. The van der Waals surface area contributed by atoms with Gasteiger partial charge >= 0.3 is 0 Å². The first-order valence-electron chi connectivity index (χ1n) is 8.23. The number of amides is 1. The molecule has 0 aromatic heterocycles. The van der Waals surface area contributed by atoms with E-state index in [1.54, 1.807) is 7.11 Å². The predicted molar refractivity (Wildman–Crippen MR) is 102 cm³/mol. The number of carbonyl (C=O) groups is 1. The molecule has 0 aliphatic heterocycles. The largest absolute Gasteiger partial charge is 0.496 e. The molecule has 0 atom stereocenters. The summed E-state index contributed by atoms with van der Waals surface area (Å²) in [6, 6.07) is 11.7. The zero-order valence-corrected chi connectivity index (χ0v) is 16.0. The highest BCUT2D eigenvalue weighted by atomic mass is 35.5. The van der Waals surface area contributed by atoms with Crippen molar-refractivity contribution in [2.45, 2.75) is 26.9 Å². The maximum Gasteiger partial charge on any atom is 0.234 e. The summed E-state index contributed by atoms with van der Waals surface area (Å²) < 4.78 is 5.40. The van der Waals surface area contributed by atoms with Crippen LogP contribution in [0.4, 0.5) is 0 Å². The first-order valence-corrected chi connectivity index (χ1v) is 8.60. The molecule has 0 saturated carbocycles. The molecule has 4 nitrogen and oxygen atoms in total. The van der Waals surface area contributed by atoms with Crippen molar-refractivity contribution in [3.05, 3.63) is 63.7 Å². The summed E-state index contributed by atoms with van der Waals surface area (Å²) in [5.41, 5.74) is 4.42. The molecule has 134 valence electrons. The van der Waals surface area contributed by atoms with E-state index in [4.69, 9.17) is 16.3 Å². The molecule has 0 fully saturated rings. The molecular formula is C20H25ClN2O2. The van der Waals surface area contributed by atoms with Crippen LogP contribution in [0.5, 0.6) is 5.75 Å². The van der Waals surface area contributed by atoms with E-state index in [1.807, 2.05) is 50.1 Å². The van der Waals surface area contributed by atoms with Gasteiger partial charge in [0.15, 0.2) is 0 Å². The average Bonchev–Trinajstić information content (AvgIpc) is 2.54. The normalized spacial score (nSPS) is 10.8. The molecule has 1 N–H and O–H groups in total. The second-order valence-electron chi connectivity index (χ2n) is 6.34. The second-order valence-corrected chi connectivity index (χ2v) is 6.77. The zero-order valence-electron chi connectivity index (χ0n) is 15.2. The zero-order chi connectivity index (χ0) is 18.4. The van der Waals surface area contributed by atoms with Crippen molar-refractivity contribution < 1.29 is 9.53 Å². The molecule has 2 rings (SSSR count). The average molecular weight is 361 g/mol. The number of hydrogen-bond donors (Lipinski definition) is 1. The van der Waals surface area contributed by atoms with Crippen LogP contribution in [0.3, 0.4) is 0 Å². The third-order valence-corrected chi connectivity index (χ3v) is 4.25. The summed E-state index contributed by atoms with van der Waals surface area (Å²) in [6.45, 7) is 5.63. The summed E-state index contributed by atoms with van der Waals surface area (Å²) in [6.07, 6.45) is 0. The maximum atomic E-state index is 12.1. The lowest BCUT2D eigenvalue weighted by molar-refractivity contribution is -0.122. The maximum absolute atomic E-state index is 12.1. The van der Waals surface area contributed by atoms with Crippen LogP contribution in [0.15, 0.2) is 36.4 Å². The Hall–Kier alpha value is -2.04. The van der Waals surface area contributed by atoms with E-state index in [9.17, 15) is 4.79 Å². The number of likely N-dealkylation sites (N-methyl/N-ethyl adjacent to an activating group) is 1. The Morgan fingerprint density at radius 1 is 1.12 bits per heavy atom. The first-order chi connectivity index (χ1) is 11.9. The highest BCUT2D eigenvalue weighted by Crippen LogP contribution is 2.24. The highest BCUT2D eigenvalue weighted by Gasteiger charge is 2.10. The minimum Gasteiger partial charge on any atom is -0.496 e. The van der Waals surface area contributed by atoms with E-state index in [0.29, 0.717) is 24.7 Å². The van der Waals surface area contributed by atoms with Gasteiger partial charge in [-0.1, -0.05) is 35.9 Å². The van der Waals surface area contributed by atoms with Gasteiger partial charge in [0.1, 0.15) is 5.75 Å². The van der Waals surface area contributed by atoms with E-state index in [-0.39, 0.29) is 5.91 Å². The van der Waals surface area contributed by atoms with Gasteiger partial charge in [-0.2, -0.15) is 0 Å². The highest BCUT2D eigenvalue weighted by molar-refractivity contribution is 6.30. The second kappa shape index (κ2) is 8.88. The molecule has 0 aliphatic rings. The first kappa shape index (κ1) is 19.3. The van der Waals surface area contributed by atoms with Crippen LogP contribution in [0.25, 0.3) is 0 Å². The number of ether oxygens (including phenoxy) is 1. The van der Waals surface area contributed by atoms with E-state index < -0.39 is 0 Å². The van der Waals surface area contributed by atoms with Crippen molar-refractivity contribution in [1.82, 2.24) is 10.2 Å². The quantitative estimate of drug-likeness (QED) is 0.818. The van der Waals surface area contributed by atoms with Gasteiger partial charge in [-0.05, 0) is 55.3 Å². The fourth-order valence-electron chi connectivity index (χ4n) is 2.92. The number of benzene rings is 2. The number of aryl methyl sites for hydroxylation is 2. The number of hydrogen-bond acceptors (Lipinski definition) is 3. The number of carbonyl (C=O) groups excluding carboxylic acids is 1. The smallest absolute Gasteiger partial charge is 0.234 e. The van der Waals surface area contributed by atoms with Gasteiger partial charge in [0, 0.05) is 18.1 Å². The Labute approximate surface area is 154 Å². The molecule has 0 unspecified atom stereocenters. The fourth-order valence-corrected chi connectivity index (χ4v) is 3.05. The molecule has 2 aromatic carbocycles. The van der Waals surface area contributed by atoms with Gasteiger partial charge in [-0.3, -0.25) is 9.69 Å². The fraction of sp³-hybridized carbons (Fsp3) is 0.350. The summed E-state index contributed by atoms with van der Waals surface area (Å²) in [4.78, 5) is 14.1. The Bertz CT molecular complexity index is 706. The van der Waals surface area contributed by atoms with Gasteiger partial charge in [-0.15, -0.1) is 0 Å². The molecule has 0 saturated heterocycles. The third kappa shape index (κ3) is 5.76. The minimum absolute atomic E-state index is 0.000550. The molecule has 25 heavy (non-hydrogen) atoms. The lowest BCUT2D eigenvalue weighted by Gasteiger charge is -2.18. The molecule has 0 radical (unpaired) electrons. The molecule has 1 amide bonds. The van der Waals surface area contributed by atoms with E-state index >= 15 is 0 Å². The van der Waals surface area contributed by atoms with Crippen molar-refractivity contribution in [1.29, 1.82) is 0 Å². The van der Waals surface area contributed by atoms with Crippen LogP contribution in [-0.2, 0) is 17.9 Å². The summed E-state index contributed by atoms with van der Waals surface area (Å²) in [5.74, 6) is 0.923. The lowest BCUT2D eigenvalue weighted by atomic mass is 10.1. The summed E-state index contributed by atoms with van der Waals surface area (Å²) in [7, 11) is 3.63. The molecule has 5 heteroatoms. The van der Waals surface area contributed by atoms with Crippen molar-refractivity contribution in [2.24, 2.45) is 0 Å².